The van der Waals surface area contributed by atoms with E-state index < -0.39 is 0 Å². The molecule has 1 aromatic carbocycles. The van der Waals surface area contributed by atoms with Gasteiger partial charge in [0.1, 0.15) is 16.9 Å². The van der Waals surface area contributed by atoms with Crippen molar-refractivity contribution < 1.29 is 28.5 Å². The first-order valence-corrected chi connectivity index (χ1v) is 12.6. The largest absolute Gasteiger partial charge is 0.502 e. The van der Waals surface area contributed by atoms with Gasteiger partial charge in [-0.3, -0.25) is 4.79 Å². The first kappa shape index (κ1) is 30.2. The van der Waals surface area contributed by atoms with E-state index in [1.54, 1.807) is 21.1 Å². The van der Waals surface area contributed by atoms with Crippen molar-refractivity contribution >= 4 is 11.0 Å². The smallest absolute Gasteiger partial charge is 0.202 e. The van der Waals surface area contributed by atoms with E-state index in [0.29, 0.717) is 29.9 Å². The van der Waals surface area contributed by atoms with Crippen molar-refractivity contribution in [2.75, 3.05) is 28.4 Å². The Bertz CT molecular complexity index is 1190. The number of allylic oxidation sites excluding steroid dienone is 5. The van der Waals surface area contributed by atoms with Gasteiger partial charge in [0.15, 0.2) is 16.8 Å². The van der Waals surface area contributed by atoms with Crippen LogP contribution in [-0.2, 0) is 15.9 Å². The normalized spacial score (nSPS) is 15.9. The predicted molar refractivity (Wildman–Crippen MR) is 148 cm³/mol. The van der Waals surface area contributed by atoms with Gasteiger partial charge in [-0.1, -0.05) is 49.8 Å². The van der Waals surface area contributed by atoms with Gasteiger partial charge in [0.05, 0.1) is 26.4 Å². The third-order valence-electron chi connectivity index (χ3n) is 7.03. The Morgan fingerprint density at radius 3 is 2.32 bits per heavy atom. The van der Waals surface area contributed by atoms with Crippen molar-refractivity contribution in [3.05, 3.63) is 63.6 Å². The van der Waals surface area contributed by atoms with Crippen LogP contribution in [0.2, 0.25) is 0 Å². The van der Waals surface area contributed by atoms with Crippen LogP contribution in [0.3, 0.4) is 0 Å². The lowest BCUT2D eigenvalue weighted by Crippen LogP contribution is -2.36. The zero-order valence-electron chi connectivity index (χ0n) is 23.6. The number of phenols is 1. The average Bonchev–Trinajstić information content (AvgIpc) is 2.90. The lowest BCUT2D eigenvalue weighted by atomic mass is 9.85. The Labute approximate surface area is 220 Å². The number of benzene rings is 1. The maximum Gasteiger partial charge on any atom is 0.202 e. The van der Waals surface area contributed by atoms with Gasteiger partial charge in [-0.05, 0) is 33.1 Å². The van der Waals surface area contributed by atoms with Gasteiger partial charge < -0.3 is 28.5 Å². The summed E-state index contributed by atoms with van der Waals surface area (Å²) in [7, 11) is 6.31. The fraction of sp³-hybridized carbons (Fsp3) is 0.500. The van der Waals surface area contributed by atoms with Crippen LogP contribution in [0.5, 0.6) is 17.2 Å². The molecule has 0 unspecified atom stereocenters. The number of aromatic hydroxyl groups is 1. The number of aryl methyl sites for hydroxylation is 1. The lowest BCUT2D eigenvalue weighted by Gasteiger charge is -2.32. The molecule has 0 radical (unpaired) electrons. The summed E-state index contributed by atoms with van der Waals surface area (Å²) in [6.07, 6.45) is 11.1. The molecule has 1 heterocycles. The molecular weight excluding hydrogens is 472 g/mol. The molecule has 7 nitrogen and oxygen atoms in total. The maximum absolute atomic E-state index is 13.2. The second-order valence-electron chi connectivity index (χ2n) is 9.37. The van der Waals surface area contributed by atoms with Crippen molar-refractivity contribution in [2.45, 2.75) is 59.7 Å². The summed E-state index contributed by atoms with van der Waals surface area (Å²) in [6.45, 7) is 10.0. The zero-order chi connectivity index (χ0) is 27.7. The fourth-order valence-electron chi connectivity index (χ4n) is 4.61. The van der Waals surface area contributed by atoms with E-state index >= 15 is 0 Å². The van der Waals surface area contributed by atoms with Gasteiger partial charge in [-0.15, -0.1) is 0 Å². The molecule has 7 heteroatoms. The van der Waals surface area contributed by atoms with Gasteiger partial charge >= 0.3 is 0 Å². The summed E-state index contributed by atoms with van der Waals surface area (Å²) in [6, 6.07) is 1.48. The molecule has 0 bridgehead atoms. The molecule has 0 aliphatic rings. The summed E-state index contributed by atoms with van der Waals surface area (Å²) < 4.78 is 28.3. The number of phenolic OH excluding ortho intramolecular Hbond substituents is 1. The number of ether oxygens (including phenoxy) is 4. The number of methoxy groups -OCH3 is 4. The summed E-state index contributed by atoms with van der Waals surface area (Å²) in [5.41, 5.74) is 1.51. The predicted octanol–water partition coefficient (Wildman–Crippen LogP) is 6.14. The van der Waals surface area contributed by atoms with Crippen molar-refractivity contribution in [1.82, 2.24) is 0 Å². The molecule has 2 rings (SSSR count). The zero-order valence-corrected chi connectivity index (χ0v) is 23.6. The molecule has 0 fully saturated rings. The molecule has 0 aliphatic carbocycles. The minimum Gasteiger partial charge on any atom is -0.502 e. The van der Waals surface area contributed by atoms with Crippen molar-refractivity contribution in [3.8, 4) is 17.2 Å². The van der Waals surface area contributed by atoms with Crippen LogP contribution in [0.15, 0.2) is 51.2 Å². The second kappa shape index (κ2) is 14.1. The molecule has 2 aromatic rings. The number of hydrogen-bond donors (Lipinski definition) is 1. The van der Waals surface area contributed by atoms with Crippen molar-refractivity contribution in [2.24, 2.45) is 11.8 Å². The molecular formula is C30H42O7. The topological polar surface area (TPSA) is 87.4 Å². The highest BCUT2D eigenvalue weighted by atomic mass is 16.5. The molecule has 0 amide bonds. The van der Waals surface area contributed by atoms with E-state index in [2.05, 4.69) is 26.8 Å². The Hall–Kier alpha value is -3.03. The maximum atomic E-state index is 13.2. The number of rotatable bonds is 13. The fourth-order valence-corrected chi connectivity index (χ4v) is 4.61. The third-order valence-corrected chi connectivity index (χ3v) is 7.03. The Morgan fingerprint density at radius 2 is 1.76 bits per heavy atom. The van der Waals surface area contributed by atoms with Gasteiger partial charge in [0, 0.05) is 38.2 Å². The summed E-state index contributed by atoms with van der Waals surface area (Å²) in [5, 5.41) is 10.8. The van der Waals surface area contributed by atoms with Crippen LogP contribution in [0, 0.1) is 18.8 Å². The summed E-state index contributed by atoms with van der Waals surface area (Å²) in [5.74, 6) is 0.995. The monoisotopic (exact) mass is 514 g/mol. The molecule has 0 saturated carbocycles. The van der Waals surface area contributed by atoms with E-state index in [1.807, 2.05) is 31.2 Å². The second-order valence-corrected chi connectivity index (χ2v) is 9.37. The van der Waals surface area contributed by atoms with Crippen LogP contribution in [-0.4, -0.2) is 45.8 Å². The number of hydrogen-bond acceptors (Lipinski definition) is 7. The van der Waals surface area contributed by atoms with Gasteiger partial charge in [0.2, 0.25) is 5.75 Å². The lowest BCUT2D eigenvalue weighted by molar-refractivity contribution is -0.0343. The number of fused-ring (bicyclic) bond motifs is 1. The van der Waals surface area contributed by atoms with Crippen LogP contribution in [0.4, 0.5) is 0 Å². The van der Waals surface area contributed by atoms with Crippen LogP contribution in [0.1, 0.15) is 45.4 Å². The Morgan fingerprint density at radius 1 is 1.08 bits per heavy atom. The van der Waals surface area contributed by atoms with Gasteiger partial charge in [-0.25, -0.2) is 0 Å². The summed E-state index contributed by atoms with van der Waals surface area (Å²) >= 11 is 0. The molecule has 1 aromatic heterocycles. The third kappa shape index (κ3) is 7.05. The van der Waals surface area contributed by atoms with E-state index in [1.165, 1.54) is 25.9 Å². The first-order chi connectivity index (χ1) is 17.6. The quantitative estimate of drug-likeness (QED) is 0.321. The molecule has 1 N–H and O–H groups in total. The first-order valence-electron chi connectivity index (χ1n) is 12.6. The van der Waals surface area contributed by atoms with Crippen LogP contribution >= 0.6 is 0 Å². The van der Waals surface area contributed by atoms with E-state index in [4.69, 9.17) is 23.4 Å². The average molecular weight is 515 g/mol. The molecule has 37 heavy (non-hydrogen) atoms. The van der Waals surface area contributed by atoms with Crippen molar-refractivity contribution in [1.29, 1.82) is 0 Å². The van der Waals surface area contributed by atoms with E-state index in [9.17, 15) is 9.90 Å². The van der Waals surface area contributed by atoms with Crippen molar-refractivity contribution in [3.63, 3.8) is 0 Å². The summed E-state index contributed by atoms with van der Waals surface area (Å²) in [4.78, 5) is 13.2. The molecule has 0 aliphatic heterocycles. The molecule has 0 spiro atoms. The highest BCUT2D eigenvalue weighted by Crippen LogP contribution is 2.40. The van der Waals surface area contributed by atoms with Crippen LogP contribution in [0.25, 0.3) is 11.0 Å². The van der Waals surface area contributed by atoms with E-state index in [0.717, 1.165) is 0 Å². The Balaban J connectivity index is 2.27. The SMILES string of the molecule is C\C=C(C)/C=C/C=C/[C@H](OC)[C@@H](C)[C@@H](OC)[C@H](C)CCc1oc2c(O)c(OC)cc(OC)c2c(=O)c1C. The van der Waals surface area contributed by atoms with Crippen LogP contribution < -0.4 is 14.9 Å². The standard InChI is InChI=1S/C30H42O7/c1-10-18(2)13-11-12-14-22(33-6)21(5)29(36-9)19(3)15-16-23-20(4)27(31)26-24(34-7)17-25(35-8)28(32)30(26)37-23/h10-14,17,19,21-22,29,32H,15-16H2,1-9H3/b13-11+,14-12+,18-10-/t19-,21-,22+,29+/m1/s1. The Kier molecular flexibility index (Phi) is 11.5. The minimum atomic E-state index is -0.235. The highest BCUT2D eigenvalue weighted by molar-refractivity contribution is 5.91. The minimum absolute atomic E-state index is 0.0666. The molecule has 4 atom stereocenters. The van der Waals surface area contributed by atoms with Gasteiger partial charge in [-0.2, -0.15) is 0 Å². The van der Waals surface area contributed by atoms with E-state index in [-0.39, 0.29) is 51.9 Å². The molecule has 204 valence electrons. The molecule has 0 saturated heterocycles. The highest BCUT2D eigenvalue weighted by Gasteiger charge is 2.29. The van der Waals surface area contributed by atoms with Gasteiger partial charge in [0.25, 0.3) is 0 Å².